The predicted molar refractivity (Wildman–Crippen MR) is 113 cm³/mol. The van der Waals surface area contributed by atoms with E-state index in [2.05, 4.69) is 10.3 Å². The number of fused-ring (bicyclic) bond motifs is 1. The standard InChI is InChI=1S/C22H23F2N4OS/c1-14-4-2-5-15(12-14)22(29)28(30)17-10-8-16(9-11-17)25-19-6-3-7-20-26-18(21(23)24)13-27(19)20/h2-7,12-13,16-17,21,25H,8-11H2,1H3/q+1. The lowest BCUT2D eigenvalue weighted by Gasteiger charge is -2.26. The Morgan fingerprint density at radius 1 is 1.20 bits per heavy atom. The molecular weight excluding hydrogens is 406 g/mol. The van der Waals surface area contributed by atoms with Gasteiger partial charge in [-0.25, -0.2) is 18.6 Å². The minimum absolute atomic E-state index is 0.0144. The van der Waals surface area contributed by atoms with Gasteiger partial charge in [0.2, 0.25) is 0 Å². The number of hydrogen-bond acceptors (Lipinski definition) is 4. The van der Waals surface area contributed by atoms with Crippen LogP contribution in [0.3, 0.4) is 0 Å². The Hall–Kier alpha value is -2.74. The van der Waals surface area contributed by atoms with E-state index in [0.717, 1.165) is 37.1 Å². The maximum Gasteiger partial charge on any atom is 0.433 e. The van der Waals surface area contributed by atoms with Crippen molar-refractivity contribution < 1.29 is 17.5 Å². The van der Waals surface area contributed by atoms with Crippen LogP contribution in [0.4, 0.5) is 14.6 Å². The molecule has 0 aliphatic heterocycles. The van der Waals surface area contributed by atoms with Gasteiger partial charge in [-0.3, -0.25) is 4.40 Å². The Kier molecular flexibility index (Phi) is 5.85. The monoisotopic (exact) mass is 429 g/mol. The summed E-state index contributed by atoms with van der Waals surface area (Å²) in [6, 6.07) is 13.0. The fraction of sp³-hybridized carbons (Fsp3) is 0.364. The maximum absolute atomic E-state index is 13.0. The molecule has 0 spiro atoms. The van der Waals surface area contributed by atoms with Crippen LogP contribution in [0.5, 0.6) is 0 Å². The summed E-state index contributed by atoms with van der Waals surface area (Å²) in [6.07, 6.45) is 2.04. The molecule has 1 N–H and O–H groups in total. The van der Waals surface area contributed by atoms with Crippen molar-refractivity contribution in [3.05, 3.63) is 65.5 Å². The van der Waals surface area contributed by atoms with Gasteiger partial charge >= 0.3 is 5.91 Å². The van der Waals surface area contributed by atoms with Crippen LogP contribution in [0.1, 0.15) is 53.7 Å². The Morgan fingerprint density at radius 3 is 2.63 bits per heavy atom. The van der Waals surface area contributed by atoms with Crippen molar-refractivity contribution in [2.24, 2.45) is 0 Å². The van der Waals surface area contributed by atoms with Gasteiger partial charge in [-0.1, -0.05) is 27.7 Å². The second-order valence-electron chi connectivity index (χ2n) is 7.76. The van der Waals surface area contributed by atoms with Crippen molar-refractivity contribution in [3.63, 3.8) is 0 Å². The molecule has 156 valence electrons. The van der Waals surface area contributed by atoms with Crippen molar-refractivity contribution in [1.82, 2.24) is 9.38 Å². The minimum atomic E-state index is -2.60. The van der Waals surface area contributed by atoms with Crippen LogP contribution in [-0.2, 0) is 12.4 Å². The zero-order chi connectivity index (χ0) is 21.3. The van der Waals surface area contributed by atoms with Gasteiger partial charge in [-0.05, 0) is 44.0 Å². The number of imidazole rings is 1. The number of amides is 1. The summed E-state index contributed by atoms with van der Waals surface area (Å²) in [5.41, 5.74) is 1.90. The third kappa shape index (κ3) is 4.23. The number of aryl methyl sites for hydroxylation is 1. The molecule has 0 saturated heterocycles. The highest BCUT2D eigenvalue weighted by Crippen LogP contribution is 2.26. The number of aromatic nitrogens is 2. The molecule has 5 nitrogen and oxygen atoms in total. The summed E-state index contributed by atoms with van der Waals surface area (Å²) in [7, 11) is 0. The Labute approximate surface area is 178 Å². The first-order valence-corrected chi connectivity index (χ1v) is 10.4. The molecule has 1 fully saturated rings. The average molecular weight is 430 g/mol. The zero-order valence-electron chi connectivity index (χ0n) is 16.6. The molecular formula is C22H23F2N4OS+. The number of benzene rings is 1. The lowest BCUT2D eigenvalue weighted by Crippen LogP contribution is -2.37. The smallest absolute Gasteiger partial charge is 0.368 e. The summed E-state index contributed by atoms with van der Waals surface area (Å²) in [4.78, 5) is 16.7. The first-order chi connectivity index (χ1) is 14.4. The van der Waals surface area contributed by atoms with Crippen LogP contribution in [-0.4, -0.2) is 31.3 Å². The van der Waals surface area contributed by atoms with Crippen LogP contribution in [0.25, 0.3) is 5.65 Å². The quantitative estimate of drug-likeness (QED) is 0.587. The van der Waals surface area contributed by atoms with E-state index < -0.39 is 6.43 Å². The SMILES string of the molecule is Cc1cccc(C(=O)[N+](=S)C2CCC(Nc3cccc4nc(C(F)F)cn34)CC2)c1. The highest BCUT2D eigenvalue weighted by Gasteiger charge is 2.34. The van der Waals surface area contributed by atoms with E-state index in [0.29, 0.717) is 11.2 Å². The van der Waals surface area contributed by atoms with Crippen molar-refractivity contribution in [2.75, 3.05) is 5.32 Å². The summed E-state index contributed by atoms with van der Waals surface area (Å²) in [5, 5.41) is 3.44. The molecule has 2 heterocycles. The third-order valence-electron chi connectivity index (χ3n) is 5.58. The largest absolute Gasteiger partial charge is 0.433 e. The van der Waals surface area contributed by atoms with E-state index in [4.69, 9.17) is 12.4 Å². The molecule has 0 radical (unpaired) electrons. The fourth-order valence-corrected chi connectivity index (χ4v) is 4.30. The van der Waals surface area contributed by atoms with Gasteiger partial charge in [-0.2, -0.15) is 0 Å². The van der Waals surface area contributed by atoms with Crippen LogP contribution < -0.4 is 5.32 Å². The number of hydrogen-bond donors (Lipinski definition) is 1. The lowest BCUT2D eigenvalue weighted by atomic mass is 9.91. The molecule has 30 heavy (non-hydrogen) atoms. The van der Waals surface area contributed by atoms with E-state index in [1.54, 1.807) is 22.6 Å². The van der Waals surface area contributed by atoms with E-state index in [1.165, 1.54) is 10.1 Å². The molecule has 1 aliphatic rings. The molecule has 2 aromatic heterocycles. The van der Waals surface area contributed by atoms with Crippen LogP contribution >= 0.6 is 0 Å². The van der Waals surface area contributed by atoms with Gasteiger partial charge in [0.25, 0.3) is 18.9 Å². The molecule has 0 atom stereocenters. The molecule has 8 heteroatoms. The van der Waals surface area contributed by atoms with Crippen LogP contribution in [0.15, 0.2) is 48.7 Å². The number of carbonyl (C=O) groups excluding carboxylic acids is 1. The maximum atomic E-state index is 13.0. The number of nitrogens with zero attached hydrogens (tertiary/aromatic N) is 3. The normalized spacial score (nSPS) is 19.2. The molecule has 3 aromatic rings. The van der Waals surface area contributed by atoms with Gasteiger partial charge in [0.05, 0.1) is 5.56 Å². The molecule has 4 rings (SSSR count). The van der Waals surface area contributed by atoms with Gasteiger partial charge in [0.15, 0.2) is 6.04 Å². The van der Waals surface area contributed by atoms with Crippen molar-refractivity contribution in [1.29, 1.82) is 0 Å². The third-order valence-corrected chi connectivity index (χ3v) is 6.04. The van der Waals surface area contributed by atoms with E-state index >= 15 is 0 Å². The topological polar surface area (TPSA) is 49.4 Å². The highest BCUT2D eigenvalue weighted by molar-refractivity contribution is 7.44. The van der Waals surface area contributed by atoms with Crippen molar-refractivity contribution in [3.8, 4) is 0 Å². The highest BCUT2D eigenvalue weighted by atomic mass is 32.1. The number of anilines is 1. The van der Waals surface area contributed by atoms with Gasteiger partial charge < -0.3 is 5.32 Å². The molecule has 1 aromatic carbocycles. The van der Waals surface area contributed by atoms with Crippen LogP contribution in [0.2, 0.25) is 0 Å². The van der Waals surface area contributed by atoms with Gasteiger partial charge in [0.1, 0.15) is 17.2 Å². The Morgan fingerprint density at radius 2 is 1.93 bits per heavy atom. The second kappa shape index (κ2) is 8.55. The molecule has 0 unspecified atom stereocenters. The van der Waals surface area contributed by atoms with E-state index in [9.17, 15) is 13.6 Å². The lowest BCUT2D eigenvalue weighted by molar-refractivity contribution is -0.448. The van der Waals surface area contributed by atoms with E-state index in [-0.39, 0.29) is 23.7 Å². The predicted octanol–water partition coefficient (Wildman–Crippen LogP) is 4.89. The fourth-order valence-electron chi connectivity index (χ4n) is 3.99. The summed E-state index contributed by atoms with van der Waals surface area (Å²) >= 11 is 5.44. The first-order valence-electron chi connectivity index (χ1n) is 10.0. The molecule has 0 bridgehead atoms. The van der Waals surface area contributed by atoms with Crippen LogP contribution in [0, 0.1) is 6.92 Å². The minimum Gasteiger partial charge on any atom is -0.368 e. The molecule has 1 saturated carbocycles. The van der Waals surface area contributed by atoms with Crippen molar-refractivity contribution >= 4 is 29.8 Å². The van der Waals surface area contributed by atoms with Gasteiger partial charge in [-0.15, -0.1) is 0 Å². The Bertz CT molecular complexity index is 1090. The average Bonchev–Trinajstić information content (AvgIpc) is 3.19. The number of pyridine rings is 1. The number of carbonyl (C=O) groups is 1. The number of alkyl halides is 2. The number of halogens is 2. The van der Waals surface area contributed by atoms with E-state index in [1.807, 2.05) is 31.2 Å². The summed E-state index contributed by atoms with van der Waals surface area (Å²) in [6.45, 7) is 1.95. The molecule has 1 amide bonds. The molecule has 1 aliphatic carbocycles. The first kappa shape index (κ1) is 20.5. The number of nitrogens with one attached hydrogen (secondary N) is 1. The Balaban J connectivity index is 1.40. The summed E-state index contributed by atoms with van der Waals surface area (Å²) < 4.78 is 29.1. The zero-order valence-corrected chi connectivity index (χ0v) is 17.4. The number of rotatable bonds is 5. The van der Waals surface area contributed by atoms with Gasteiger partial charge in [0, 0.05) is 25.1 Å². The summed E-state index contributed by atoms with van der Waals surface area (Å²) in [5.74, 6) is 0.606. The van der Waals surface area contributed by atoms with Crippen molar-refractivity contribution in [2.45, 2.75) is 51.1 Å². The second-order valence-corrected chi connectivity index (χ2v) is 8.15.